The molecule has 5 nitrogen and oxygen atoms in total. The molecule has 0 saturated heterocycles. The van der Waals surface area contributed by atoms with E-state index >= 15 is 0 Å². The number of hydrogen-bond donors (Lipinski definition) is 1. The summed E-state index contributed by atoms with van der Waals surface area (Å²) in [5, 5.41) is 12.1. The minimum Gasteiger partial charge on any atom is -0.497 e. The van der Waals surface area contributed by atoms with Crippen LogP contribution in [-0.4, -0.2) is 13.0 Å². The van der Waals surface area contributed by atoms with Gasteiger partial charge < -0.3 is 14.5 Å². The minimum absolute atomic E-state index is 0.0229. The second-order valence-corrected chi connectivity index (χ2v) is 6.83. The average molecular weight is 437 g/mol. The molecule has 1 amide bonds. The third-order valence-corrected chi connectivity index (χ3v) is 4.55. The Kier molecular flexibility index (Phi) is 6.30. The average Bonchev–Trinajstić information content (AvgIpc) is 3.19. The number of nitrogens with one attached hydrogen (secondary N) is 1. The predicted molar refractivity (Wildman–Crippen MR) is 110 cm³/mol. The number of rotatable bonds is 6. The van der Waals surface area contributed by atoms with Crippen LogP contribution >= 0.6 is 15.9 Å². The maximum Gasteiger partial charge on any atom is 0.262 e. The van der Waals surface area contributed by atoms with E-state index in [1.54, 1.807) is 19.2 Å². The van der Waals surface area contributed by atoms with Crippen LogP contribution in [0, 0.1) is 11.3 Å². The van der Waals surface area contributed by atoms with Crippen molar-refractivity contribution in [3.8, 4) is 23.1 Å². The standard InChI is InChI=1S/C22H17BrN2O3/c1-27-19-8-2-15(3-9-19)14-25-22(26)17(13-24)12-20-10-11-21(28-20)16-4-6-18(23)7-5-16/h2-12H,14H2,1H3,(H,25,26)/b17-12+. The molecule has 0 spiro atoms. The molecule has 0 radical (unpaired) electrons. The molecule has 0 bridgehead atoms. The van der Waals surface area contributed by atoms with Crippen molar-refractivity contribution in [2.45, 2.75) is 6.54 Å². The van der Waals surface area contributed by atoms with E-state index in [0.29, 0.717) is 18.1 Å². The van der Waals surface area contributed by atoms with E-state index in [2.05, 4.69) is 21.2 Å². The van der Waals surface area contributed by atoms with Crippen LogP contribution in [0.2, 0.25) is 0 Å². The monoisotopic (exact) mass is 436 g/mol. The lowest BCUT2D eigenvalue weighted by atomic mass is 10.2. The Balaban J connectivity index is 1.68. The van der Waals surface area contributed by atoms with Crippen LogP contribution in [0.1, 0.15) is 11.3 Å². The van der Waals surface area contributed by atoms with E-state index in [1.807, 2.05) is 54.6 Å². The van der Waals surface area contributed by atoms with E-state index in [-0.39, 0.29) is 5.57 Å². The van der Waals surface area contributed by atoms with Crippen molar-refractivity contribution in [2.24, 2.45) is 0 Å². The van der Waals surface area contributed by atoms with E-state index in [9.17, 15) is 10.1 Å². The highest BCUT2D eigenvalue weighted by molar-refractivity contribution is 9.10. The van der Waals surface area contributed by atoms with Gasteiger partial charge in [0.15, 0.2) is 0 Å². The number of carbonyl (C=O) groups excluding carboxylic acids is 1. The largest absolute Gasteiger partial charge is 0.497 e. The third kappa shape index (κ3) is 4.90. The van der Waals surface area contributed by atoms with Gasteiger partial charge in [0.1, 0.15) is 28.9 Å². The van der Waals surface area contributed by atoms with Gasteiger partial charge in [-0.1, -0.05) is 40.2 Å². The Morgan fingerprint density at radius 3 is 2.50 bits per heavy atom. The second-order valence-electron chi connectivity index (χ2n) is 5.91. The highest BCUT2D eigenvalue weighted by Gasteiger charge is 2.11. The number of nitrogens with zero attached hydrogens (tertiary/aromatic N) is 1. The van der Waals surface area contributed by atoms with Crippen LogP contribution in [0.4, 0.5) is 0 Å². The number of ether oxygens (including phenoxy) is 1. The molecule has 0 atom stereocenters. The van der Waals surface area contributed by atoms with Crippen LogP contribution < -0.4 is 10.1 Å². The zero-order valence-electron chi connectivity index (χ0n) is 15.1. The molecule has 0 unspecified atom stereocenters. The molecule has 1 heterocycles. The summed E-state index contributed by atoms with van der Waals surface area (Å²) in [4.78, 5) is 12.3. The molecule has 0 fully saturated rings. The molecule has 1 aromatic heterocycles. The van der Waals surface area contributed by atoms with Gasteiger partial charge in [-0.25, -0.2) is 0 Å². The fraction of sp³-hybridized carbons (Fsp3) is 0.0909. The Bertz CT molecular complexity index is 1030. The molecule has 3 rings (SSSR count). The van der Waals surface area contributed by atoms with Gasteiger partial charge in [-0.3, -0.25) is 4.79 Å². The summed E-state index contributed by atoms with van der Waals surface area (Å²) in [7, 11) is 1.59. The maximum absolute atomic E-state index is 12.3. The Labute approximate surface area is 171 Å². The lowest BCUT2D eigenvalue weighted by Gasteiger charge is -2.05. The van der Waals surface area contributed by atoms with Gasteiger partial charge in [0.25, 0.3) is 5.91 Å². The summed E-state index contributed by atoms with van der Waals surface area (Å²) in [6.07, 6.45) is 1.44. The molecule has 0 aliphatic heterocycles. The number of benzene rings is 2. The second kappa shape index (κ2) is 9.07. The molecule has 1 N–H and O–H groups in total. The molecular formula is C22H17BrN2O3. The van der Waals surface area contributed by atoms with E-state index in [1.165, 1.54) is 6.08 Å². The number of nitriles is 1. The van der Waals surface area contributed by atoms with E-state index < -0.39 is 5.91 Å². The maximum atomic E-state index is 12.3. The molecule has 3 aromatic rings. The normalized spacial score (nSPS) is 11.0. The first-order valence-corrected chi connectivity index (χ1v) is 9.27. The van der Waals surface area contributed by atoms with Gasteiger partial charge >= 0.3 is 0 Å². The van der Waals surface area contributed by atoms with Crippen molar-refractivity contribution >= 4 is 27.9 Å². The van der Waals surface area contributed by atoms with Gasteiger partial charge in [-0.15, -0.1) is 0 Å². The molecule has 6 heteroatoms. The van der Waals surface area contributed by atoms with E-state index in [0.717, 1.165) is 21.3 Å². The number of amides is 1. The zero-order valence-corrected chi connectivity index (χ0v) is 16.7. The summed E-state index contributed by atoms with van der Waals surface area (Å²) < 4.78 is 11.8. The van der Waals surface area contributed by atoms with Crippen LogP contribution in [0.5, 0.6) is 5.75 Å². The molecule has 28 heavy (non-hydrogen) atoms. The predicted octanol–water partition coefficient (Wildman–Crippen LogP) is 4.94. The molecule has 0 aliphatic carbocycles. The fourth-order valence-corrected chi connectivity index (χ4v) is 2.78. The quantitative estimate of drug-likeness (QED) is 0.438. The topological polar surface area (TPSA) is 75.3 Å². The minimum atomic E-state index is -0.458. The summed E-state index contributed by atoms with van der Waals surface area (Å²) in [5.41, 5.74) is 1.79. The summed E-state index contributed by atoms with van der Waals surface area (Å²) in [6.45, 7) is 0.310. The molecule has 0 saturated carbocycles. The van der Waals surface area contributed by atoms with Crippen molar-refractivity contribution < 1.29 is 13.9 Å². The number of halogens is 1. The number of carbonyl (C=O) groups is 1. The lowest BCUT2D eigenvalue weighted by molar-refractivity contribution is -0.117. The number of furan rings is 1. The van der Waals surface area contributed by atoms with E-state index in [4.69, 9.17) is 9.15 Å². The van der Waals surface area contributed by atoms with Crippen LogP contribution in [-0.2, 0) is 11.3 Å². The van der Waals surface area contributed by atoms with Crippen molar-refractivity contribution in [1.82, 2.24) is 5.32 Å². The highest BCUT2D eigenvalue weighted by atomic mass is 79.9. The molecule has 140 valence electrons. The van der Waals surface area contributed by atoms with Crippen molar-refractivity contribution in [3.63, 3.8) is 0 Å². The highest BCUT2D eigenvalue weighted by Crippen LogP contribution is 2.25. The van der Waals surface area contributed by atoms with Crippen molar-refractivity contribution in [3.05, 3.63) is 82.0 Å². The number of methoxy groups -OCH3 is 1. The van der Waals surface area contributed by atoms with Gasteiger partial charge in [0.05, 0.1) is 7.11 Å². The van der Waals surface area contributed by atoms with Crippen molar-refractivity contribution in [1.29, 1.82) is 5.26 Å². The lowest BCUT2D eigenvalue weighted by Crippen LogP contribution is -2.23. The van der Waals surface area contributed by atoms with Crippen molar-refractivity contribution in [2.75, 3.05) is 7.11 Å². The van der Waals surface area contributed by atoms with Gasteiger partial charge in [-0.05, 0) is 42.0 Å². The first kappa shape index (κ1) is 19.5. The Hall–Kier alpha value is -3.30. The van der Waals surface area contributed by atoms with Gasteiger partial charge in [0.2, 0.25) is 0 Å². The first-order valence-electron chi connectivity index (χ1n) is 8.48. The molecule has 2 aromatic carbocycles. The zero-order chi connectivity index (χ0) is 19.9. The SMILES string of the molecule is COc1ccc(CNC(=O)/C(C#N)=C/c2ccc(-c3ccc(Br)cc3)o2)cc1. The Morgan fingerprint density at radius 2 is 1.86 bits per heavy atom. The Morgan fingerprint density at radius 1 is 1.14 bits per heavy atom. The first-order chi connectivity index (χ1) is 13.6. The van der Waals surface area contributed by atoms with Gasteiger partial charge in [0, 0.05) is 22.7 Å². The van der Waals surface area contributed by atoms with Gasteiger partial charge in [-0.2, -0.15) is 5.26 Å². The van der Waals surface area contributed by atoms with Crippen LogP contribution in [0.25, 0.3) is 17.4 Å². The third-order valence-electron chi connectivity index (χ3n) is 4.02. The summed E-state index contributed by atoms with van der Waals surface area (Å²) in [6, 6.07) is 20.5. The van der Waals surface area contributed by atoms with Crippen LogP contribution in [0.3, 0.4) is 0 Å². The fourth-order valence-electron chi connectivity index (χ4n) is 2.51. The molecular weight excluding hydrogens is 420 g/mol. The summed E-state index contributed by atoms with van der Waals surface area (Å²) >= 11 is 3.39. The number of hydrogen-bond acceptors (Lipinski definition) is 4. The smallest absolute Gasteiger partial charge is 0.262 e. The van der Waals surface area contributed by atoms with Crippen LogP contribution in [0.15, 0.2) is 75.1 Å². The molecule has 0 aliphatic rings. The summed E-state index contributed by atoms with van der Waals surface area (Å²) in [5.74, 6) is 1.38.